The van der Waals surface area contributed by atoms with E-state index in [2.05, 4.69) is 122 Å². The highest BCUT2D eigenvalue weighted by Gasteiger charge is 2.22. The third-order valence-corrected chi connectivity index (χ3v) is 17.0. The first-order valence-electron chi connectivity index (χ1n) is 36.0. The minimum Gasteiger partial charge on any atom is -0.457 e. The van der Waals surface area contributed by atoms with E-state index < -0.39 is 5.82 Å². The molecule has 5 N–H and O–H groups in total. The maximum Gasteiger partial charge on any atom is 0.257 e. The molecule has 0 fully saturated rings. The number of hydrogen-bond acceptors (Lipinski definition) is 14. The molecule has 4 aromatic heterocycles. The van der Waals surface area contributed by atoms with E-state index in [1.54, 1.807) is 62.6 Å². The molecule has 0 aliphatic heterocycles. The number of carbonyl (C=O) groups is 2. The third-order valence-electron chi connectivity index (χ3n) is 17.0. The second-order valence-corrected chi connectivity index (χ2v) is 26.2. The van der Waals surface area contributed by atoms with Crippen LogP contribution in [0.4, 0.5) is 8.78 Å². The summed E-state index contributed by atoms with van der Waals surface area (Å²) in [5.74, 6) is 3.57. The van der Waals surface area contributed by atoms with E-state index in [0.717, 1.165) is 140 Å². The SMILES string of the molecule is CCCN(C)Cc1cn[nH]c1-c1ccc(Oc2ccc(F)cc2)cc1.CCCN(C)Cc1cn[nH]c1-c1ccc(Oc2ccccc2)c(C(=O)N(C)C)c1.CCCN(C)Cc1cn[nH]c1-c1ccc(Oc2ccccc2)c(C(=O)NC)c1.CCCN(C)Cc1cn[nH]c1-c1ccc(Oc2ccccc2)c(F)c1. The number of rotatable bonds is 30. The molecule has 0 saturated heterocycles. The monoisotopic (exact) mass is 1450 g/mol. The molecule has 0 spiro atoms. The van der Waals surface area contributed by atoms with Crippen molar-refractivity contribution in [2.24, 2.45) is 0 Å². The number of benzene rings is 8. The van der Waals surface area contributed by atoms with Crippen molar-refractivity contribution < 1.29 is 37.3 Å². The van der Waals surface area contributed by atoms with E-state index in [-0.39, 0.29) is 23.4 Å². The van der Waals surface area contributed by atoms with Crippen LogP contribution >= 0.6 is 0 Å². The average molecular weight is 1450 g/mol. The molecule has 4 heterocycles. The van der Waals surface area contributed by atoms with E-state index >= 15 is 0 Å². The highest BCUT2D eigenvalue weighted by atomic mass is 19.1. The Morgan fingerprint density at radius 3 is 1.04 bits per heavy atom. The fourth-order valence-corrected chi connectivity index (χ4v) is 11.9. The molecule has 107 heavy (non-hydrogen) atoms. The summed E-state index contributed by atoms with van der Waals surface area (Å²) in [6, 6.07) is 58.1. The molecular weight excluding hydrogens is 1350 g/mol. The zero-order valence-electron chi connectivity index (χ0n) is 63.0. The van der Waals surface area contributed by atoms with Gasteiger partial charge in [0.05, 0.1) is 58.7 Å². The van der Waals surface area contributed by atoms with Crippen molar-refractivity contribution in [2.75, 3.05) is 75.5 Å². The van der Waals surface area contributed by atoms with E-state index in [4.69, 9.17) is 18.9 Å². The molecule has 8 aromatic carbocycles. The molecule has 0 atom stereocenters. The molecular formula is C85H98F2N14O6. The Kier molecular flexibility index (Phi) is 30.2. The van der Waals surface area contributed by atoms with Crippen LogP contribution in [0.25, 0.3) is 45.0 Å². The zero-order chi connectivity index (χ0) is 76.0. The van der Waals surface area contributed by atoms with Crippen LogP contribution in [-0.2, 0) is 26.2 Å². The Morgan fingerprint density at radius 2 is 0.682 bits per heavy atom. The lowest BCUT2D eigenvalue weighted by Crippen LogP contribution is -2.22. The Hall–Kier alpha value is -11.6. The van der Waals surface area contributed by atoms with Crippen molar-refractivity contribution in [2.45, 2.75) is 79.6 Å². The van der Waals surface area contributed by atoms with Gasteiger partial charge in [-0.05, 0) is 220 Å². The molecule has 558 valence electrons. The summed E-state index contributed by atoms with van der Waals surface area (Å²) in [5, 5.41) is 31.7. The van der Waals surface area contributed by atoms with Crippen molar-refractivity contribution >= 4 is 11.8 Å². The molecule has 0 saturated carbocycles. The lowest BCUT2D eigenvalue weighted by atomic mass is 10.0. The molecule has 20 nitrogen and oxygen atoms in total. The van der Waals surface area contributed by atoms with Crippen molar-refractivity contribution in [1.82, 2.24) is 70.6 Å². The van der Waals surface area contributed by atoms with Crippen LogP contribution < -0.4 is 24.3 Å². The maximum atomic E-state index is 14.5. The summed E-state index contributed by atoms with van der Waals surface area (Å²) in [6.45, 7) is 15.9. The first-order valence-corrected chi connectivity index (χ1v) is 36.0. The molecule has 2 amide bonds. The highest BCUT2D eigenvalue weighted by molar-refractivity contribution is 5.99. The summed E-state index contributed by atoms with van der Waals surface area (Å²) < 4.78 is 50.7. The number of ether oxygens (including phenoxy) is 4. The van der Waals surface area contributed by atoms with E-state index in [0.29, 0.717) is 51.4 Å². The quantitative estimate of drug-likeness (QED) is 0.0283. The average Bonchev–Trinajstić information content (AvgIpc) is 1.79. The zero-order valence-corrected chi connectivity index (χ0v) is 63.0. The van der Waals surface area contributed by atoms with Gasteiger partial charge in [0.2, 0.25) is 0 Å². The van der Waals surface area contributed by atoms with Crippen molar-refractivity contribution in [1.29, 1.82) is 0 Å². The number of aromatic nitrogens is 8. The molecule has 0 aliphatic carbocycles. The molecule has 0 unspecified atom stereocenters. The number of nitrogens with zero attached hydrogens (tertiary/aromatic N) is 9. The van der Waals surface area contributed by atoms with E-state index in [1.165, 1.54) is 23.8 Å². The normalized spacial score (nSPS) is 11.0. The summed E-state index contributed by atoms with van der Waals surface area (Å²) in [6.07, 6.45) is 11.8. The van der Waals surface area contributed by atoms with E-state index in [9.17, 15) is 18.4 Å². The number of H-pyrrole nitrogens is 4. The maximum absolute atomic E-state index is 14.5. The minimum atomic E-state index is -0.399. The fraction of sp³-hybridized carbons (Fsp3) is 0.271. The first-order chi connectivity index (χ1) is 51.9. The summed E-state index contributed by atoms with van der Waals surface area (Å²) in [5.41, 5.74) is 12.7. The van der Waals surface area contributed by atoms with Gasteiger partial charge in [0, 0.05) is 91.8 Å². The fourth-order valence-electron chi connectivity index (χ4n) is 11.9. The van der Waals surface area contributed by atoms with Gasteiger partial charge in [0.25, 0.3) is 11.8 Å². The Balaban J connectivity index is 0.000000165. The summed E-state index contributed by atoms with van der Waals surface area (Å²) in [4.78, 5) is 35.9. The number of hydrogen-bond donors (Lipinski definition) is 5. The van der Waals surface area contributed by atoms with Crippen LogP contribution in [0.15, 0.2) is 219 Å². The molecule has 0 radical (unpaired) electrons. The van der Waals surface area contributed by atoms with Gasteiger partial charge in [0.15, 0.2) is 11.6 Å². The van der Waals surface area contributed by atoms with Crippen molar-refractivity contribution in [3.8, 4) is 91.0 Å². The largest absolute Gasteiger partial charge is 0.457 e. The van der Waals surface area contributed by atoms with Crippen LogP contribution in [0.1, 0.15) is 96.3 Å². The van der Waals surface area contributed by atoms with Gasteiger partial charge in [-0.2, -0.15) is 20.4 Å². The third kappa shape index (κ3) is 23.5. The predicted molar refractivity (Wildman–Crippen MR) is 420 cm³/mol. The Morgan fingerprint density at radius 1 is 0.374 bits per heavy atom. The van der Waals surface area contributed by atoms with Crippen LogP contribution in [-0.4, -0.2) is 153 Å². The molecule has 12 aromatic rings. The second kappa shape index (κ2) is 40.6. The second-order valence-electron chi connectivity index (χ2n) is 26.2. The summed E-state index contributed by atoms with van der Waals surface area (Å²) in [7, 11) is 13.5. The highest BCUT2D eigenvalue weighted by Crippen LogP contribution is 2.36. The number of nitrogens with one attached hydrogen (secondary N) is 5. The smallest absolute Gasteiger partial charge is 0.257 e. The molecule has 12 rings (SSSR count). The van der Waals surface area contributed by atoms with Gasteiger partial charge in [-0.3, -0.25) is 30.0 Å². The van der Waals surface area contributed by atoms with Crippen LogP contribution in [0.3, 0.4) is 0 Å². The standard InChI is InChI=1S/C23H28N4O2.C22H26N4O2.2C20H22FN3O/c1-5-13-27(4)16-18-15-24-25-22(18)17-11-12-21(20(14-17)23(28)26(2)3)29-19-9-7-6-8-10-19;1-4-12-26(3)15-17-14-24-25-21(17)16-10-11-20(19(13-16)22(27)23-2)28-18-8-6-5-7-9-18;1-3-12-24(2)14-16-13-22-23-20(16)15-4-8-18(9-5-15)25-19-10-6-17(21)7-11-19;1-3-11-24(2)14-16-13-22-23-20(16)15-9-10-19(18(21)12-15)25-17-7-5-4-6-8-17/h6-12,14-15H,5,13,16H2,1-4H3,(H,24,25);5-11,13-14H,4,12,15H2,1-3H3,(H,23,27)(H,24,25);4-11,13H,3,12,14H2,1-2H3,(H,22,23);4-10,12-13H,3,11,14H2,1-2H3,(H,22,23). The number of amides is 2. The molecule has 22 heteroatoms. The van der Waals surface area contributed by atoms with Crippen LogP contribution in [0.2, 0.25) is 0 Å². The number of carbonyl (C=O) groups excluding carboxylic acids is 2. The van der Waals surface area contributed by atoms with Gasteiger partial charge in [-0.25, -0.2) is 8.78 Å². The lowest BCUT2D eigenvalue weighted by Gasteiger charge is -2.17. The lowest BCUT2D eigenvalue weighted by molar-refractivity contribution is 0.0824. The Bertz CT molecular complexity index is 4660. The van der Waals surface area contributed by atoms with Gasteiger partial charge in [0.1, 0.15) is 46.1 Å². The first kappa shape index (κ1) is 79.6. The van der Waals surface area contributed by atoms with Gasteiger partial charge < -0.3 is 48.8 Å². The van der Waals surface area contributed by atoms with Crippen molar-refractivity contribution in [3.63, 3.8) is 0 Å². The van der Waals surface area contributed by atoms with Gasteiger partial charge in [-0.15, -0.1) is 0 Å². The number of para-hydroxylation sites is 3. The van der Waals surface area contributed by atoms with Gasteiger partial charge >= 0.3 is 0 Å². The van der Waals surface area contributed by atoms with Gasteiger partial charge in [-0.1, -0.05) is 82.3 Å². The van der Waals surface area contributed by atoms with Crippen LogP contribution in [0, 0.1) is 11.6 Å². The predicted octanol–water partition coefficient (Wildman–Crippen LogP) is 18.2. The molecule has 0 bridgehead atoms. The van der Waals surface area contributed by atoms with Crippen LogP contribution in [0.5, 0.6) is 46.0 Å². The Labute approximate surface area is 626 Å². The minimum absolute atomic E-state index is 0.109. The number of halogens is 2. The topological polar surface area (TPSA) is 214 Å². The van der Waals surface area contributed by atoms with E-state index in [1.807, 2.05) is 164 Å². The van der Waals surface area contributed by atoms with Crippen molar-refractivity contribution in [3.05, 3.63) is 264 Å². The number of aromatic amines is 4. The molecule has 0 aliphatic rings. The summed E-state index contributed by atoms with van der Waals surface area (Å²) >= 11 is 0.